The lowest BCUT2D eigenvalue weighted by molar-refractivity contribution is 0.444. The monoisotopic (exact) mass is 272 g/mol. The van der Waals surface area contributed by atoms with Gasteiger partial charge in [0.15, 0.2) is 0 Å². The highest BCUT2D eigenvalue weighted by Gasteiger charge is 2.36. The van der Waals surface area contributed by atoms with Crippen molar-refractivity contribution in [3.63, 3.8) is 0 Å². The summed E-state index contributed by atoms with van der Waals surface area (Å²) in [5.74, 6) is 0.260. The number of nitrogens with zero attached hydrogens (tertiary/aromatic N) is 1. The Kier molecular flexibility index (Phi) is 3.33. The summed E-state index contributed by atoms with van der Waals surface area (Å²) in [7, 11) is -2.20. The van der Waals surface area contributed by atoms with Gasteiger partial charge in [0.1, 0.15) is 10.7 Å². The van der Waals surface area contributed by atoms with Gasteiger partial charge in [-0.25, -0.2) is 17.1 Å². The van der Waals surface area contributed by atoms with Crippen molar-refractivity contribution >= 4 is 15.7 Å². The molecule has 1 saturated carbocycles. The van der Waals surface area contributed by atoms with E-state index in [1.165, 1.54) is 23.5 Å². The standard InChI is InChI=1S/C12H17FN2O2S/c1-8-6-9(8)7-15(2)18(16,17)11-5-3-4-10(13)12(11)14/h3-5,8-9H,6-7,14H2,1-2H3. The van der Waals surface area contributed by atoms with Crippen molar-refractivity contribution in [2.24, 2.45) is 11.8 Å². The topological polar surface area (TPSA) is 63.4 Å². The largest absolute Gasteiger partial charge is 0.395 e. The van der Waals surface area contributed by atoms with Crippen molar-refractivity contribution in [3.8, 4) is 0 Å². The normalized spacial score (nSPS) is 23.3. The van der Waals surface area contributed by atoms with Crippen LogP contribution in [0.4, 0.5) is 10.1 Å². The van der Waals surface area contributed by atoms with Crippen molar-refractivity contribution in [1.82, 2.24) is 4.31 Å². The molecule has 0 spiro atoms. The molecule has 100 valence electrons. The highest BCUT2D eigenvalue weighted by atomic mass is 32.2. The van der Waals surface area contributed by atoms with Crippen LogP contribution < -0.4 is 5.73 Å². The molecule has 2 atom stereocenters. The summed E-state index contributed by atoms with van der Waals surface area (Å²) in [5, 5.41) is 0. The van der Waals surface area contributed by atoms with Gasteiger partial charge in [0.2, 0.25) is 10.0 Å². The first-order valence-corrected chi connectivity index (χ1v) is 7.28. The Hall–Kier alpha value is -1.14. The number of hydrogen-bond acceptors (Lipinski definition) is 3. The van der Waals surface area contributed by atoms with Crippen LogP contribution in [0.5, 0.6) is 0 Å². The third-order valence-corrected chi connectivity index (χ3v) is 5.35. The van der Waals surface area contributed by atoms with E-state index < -0.39 is 15.8 Å². The number of nitrogens with two attached hydrogens (primary N) is 1. The third-order valence-electron chi connectivity index (χ3n) is 3.47. The van der Waals surface area contributed by atoms with E-state index in [0.29, 0.717) is 18.4 Å². The van der Waals surface area contributed by atoms with Crippen LogP contribution >= 0.6 is 0 Å². The molecule has 2 N–H and O–H groups in total. The SMILES string of the molecule is CC1CC1CN(C)S(=O)(=O)c1cccc(F)c1N. The van der Waals surface area contributed by atoms with Crippen molar-refractivity contribution in [3.05, 3.63) is 24.0 Å². The van der Waals surface area contributed by atoms with Gasteiger partial charge in [-0.15, -0.1) is 0 Å². The van der Waals surface area contributed by atoms with Crippen molar-refractivity contribution in [2.75, 3.05) is 19.3 Å². The number of sulfonamides is 1. The first-order valence-electron chi connectivity index (χ1n) is 5.84. The molecule has 1 aliphatic carbocycles. The van der Waals surface area contributed by atoms with E-state index in [-0.39, 0.29) is 10.6 Å². The Morgan fingerprint density at radius 3 is 2.67 bits per heavy atom. The maximum absolute atomic E-state index is 13.3. The van der Waals surface area contributed by atoms with E-state index in [1.54, 1.807) is 0 Å². The first kappa shape index (κ1) is 13.3. The van der Waals surface area contributed by atoms with Crippen LogP contribution in [0.3, 0.4) is 0 Å². The Labute approximate surface area is 107 Å². The summed E-state index contributed by atoms with van der Waals surface area (Å²) in [5.41, 5.74) is 5.19. The fraction of sp³-hybridized carbons (Fsp3) is 0.500. The summed E-state index contributed by atoms with van der Waals surface area (Å²) in [4.78, 5) is -0.154. The van der Waals surface area contributed by atoms with Gasteiger partial charge in [0.05, 0.1) is 5.69 Å². The smallest absolute Gasteiger partial charge is 0.244 e. The Morgan fingerprint density at radius 1 is 1.50 bits per heavy atom. The van der Waals surface area contributed by atoms with E-state index in [1.807, 2.05) is 0 Å². The minimum Gasteiger partial charge on any atom is -0.395 e. The molecule has 0 amide bonds. The zero-order chi connectivity index (χ0) is 13.5. The number of benzene rings is 1. The summed E-state index contributed by atoms with van der Waals surface area (Å²) >= 11 is 0. The fourth-order valence-corrected chi connectivity index (χ4v) is 3.34. The van der Waals surface area contributed by atoms with Crippen molar-refractivity contribution in [2.45, 2.75) is 18.2 Å². The van der Waals surface area contributed by atoms with Crippen LogP contribution in [0.2, 0.25) is 0 Å². The second-order valence-corrected chi connectivity index (χ2v) is 6.92. The van der Waals surface area contributed by atoms with Gasteiger partial charge in [0, 0.05) is 13.6 Å². The Morgan fingerprint density at radius 2 is 2.11 bits per heavy atom. The van der Waals surface area contributed by atoms with E-state index in [4.69, 9.17) is 5.73 Å². The van der Waals surface area contributed by atoms with Gasteiger partial charge in [-0.1, -0.05) is 13.0 Å². The number of hydrogen-bond donors (Lipinski definition) is 1. The quantitative estimate of drug-likeness (QED) is 0.848. The molecule has 4 nitrogen and oxygen atoms in total. The molecule has 2 rings (SSSR count). The van der Waals surface area contributed by atoms with E-state index >= 15 is 0 Å². The lowest BCUT2D eigenvalue weighted by Crippen LogP contribution is -2.30. The minimum atomic E-state index is -3.70. The Balaban J connectivity index is 2.27. The number of anilines is 1. The fourth-order valence-electron chi connectivity index (χ4n) is 1.99. The molecule has 1 aromatic carbocycles. The lowest BCUT2D eigenvalue weighted by Gasteiger charge is -2.18. The molecule has 0 bridgehead atoms. The van der Waals surface area contributed by atoms with Gasteiger partial charge >= 0.3 is 0 Å². The first-order chi connectivity index (χ1) is 8.34. The Bertz CT molecular complexity index is 559. The number of halogens is 1. The maximum Gasteiger partial charge on any atom is 0.244 e. The average Bonchev–Trinajstić information content (AvgIpc) is 2.98. The summed E-state index contributed by atoms with van der Waals surface area (Å²) in [6.07, 6.45) is 1.04. The van der Waals surface area contributed by atoms with Crippen LogP contribution in [0.1, 0.15) is 13.3 Å². The second-order valence-electron chi connectivity index (χ2n) is 4.91. The molecule has 1 aromatic rings. The van der Waals surface area contributed by atoms with Gasteiger partial charge in [-0.05, 0) is 30.4 Å². The molecule has 6 heteroatoms. The predicted octanol–water partition coefficient (Wildman–Crippen LogP) is 1.68. The molecule has 1 fully saturated rings. The molecule has 18 heavy (non-hydrogen) atoms. The second kappa shape index (κ2) is 4.51. The molecule has 0 saturated heterocycles. The third kappa shape index (κ3) is 2.35. The molecule has 0 heterocycles. The number of para-hydroxylation sites is 1. The summed E-state index contributed by atoms with van der Waals surface area (Å²) in [6.45, 7) is 2.54. The molecule has 0 aliphatic heterocycles. The van der Waals surface area contributed by atoms with Crippen LogP contribution in [0.25, 0.3) is 0 Å². The highest BCUT2D eigenvalue weighted by molar-refractivity contribution is 7.89. The summed E-state index contributed by atoms with van der Waals surface area (Å²) in [6, 6.07) is 3.84. The maximum atomic E-state index is 13.3. The van der Waals surface area contributed by atoms with E-state index in [2.05, 4.69) is 6.92 Å². The molecular formula is C12H17FN2O2S. The number of nitrogen functional groups attached to an aromatic ring is 1. The van der Waals surface area contributed by atoms with Crippen LogP contribution in [0, 0.1) is 17.7 Å². The van der Waals surface area contributed by atoms with Crippen molar-refractivity contribution < 1.29 is 12.8 Å². The van der Waals surface area contributed by atoms with Gasteiger partial charge in [-0.2, -0.15) is 0 Å². The van der Waals surface area contributed by atoms with Crippen LogP contribution in [-0.2, 0) is 10.0 Å². The molecule has 2 unspecified atom stereocenters. The van der Waals surface area contributed by atoms with E-state index in [9.17, 15) is 12.8 Å². The minimum absolute atomic E-state index is 0.154. The highest BCUT2D eigenvalue weighted by Crippen LogP contribution is 2.39. The summed E-state index contributed by atoms with van der Waals surface area (Å²) < 4.78 is 39.1. The zero-order valence-corrected chi connectivity index (χ0v) is 11.2. The van der Waals surface area contributed by atoms with Crippen molar-refractivity contribution in [1.29, 1.82) is 0 Å². The van der Waals surface area contributed by atoms with Gasteiger partial charge < -0.3 is 5.73 Å². The lowest BCUT2D eigenvalue weighted by atomic mass is 10.3. The number of rotatable bonds is 4. The predicted molar refractivity (Wildman–Crippen MR) is 67.9 cm³/mol. The average molecular weight is 272 g/mol. The molecule has 0 radical (unpaired) electrons. The van der Waals surface area contributed by atoms with E-state index in [0.717, 1.165) is 12.5 Å². The van der Waals surface area contributed by atoms with Gasteiger partial charge in [0.25, 0.3) is 0 Å². The van der Waals surface area contributed by atoms with Crippen LogP contribution in [-0.4, -0.2) is 26.3 Å². The zero-order valence-electron chi connectivity index (χ0n) is 10.4. The molecule has 1 aliphatic rings. The van der Waals surface area contributed by atoms with Gasteiger partial charge in [-0.3, -0.25) is 0 Å². The van der Waals surface area contributed by atoms with Crippen LogP contribution in [0.15, 0.2) is 23.1 Å². The molecular weight excluding hydrogens is 255 g/mol. The molecule has 0 aromatic heterocycles.